The number of methoxy groups -OCH3 is 1. The molecule has 2 N–H and O–H groups in total. The van der Waals surface area contributed by atoms with Gasteiger partial charge in [-0.05, 0) is 32.9 Å². The zero-order valence-corrected chi connectivity index (χ0v) is 16.0. The predicted molar refractivity (Wildman–Crippen MR) is 93.2 cm³/mol. The third-order valence-corrected chi connectivity index (χ3v) is 4.29. The van der Waals surface area contributed by atoms with Crippen LogP contribution in [-0.2, 0) is 14.9 Å². The molecule has 2 rings (SSSR count). The van der Waals surface area contributed by atoms with Crippen molar-refractivity contribution in [2.45, 2.75) is 52.0 Å². The number of nitrogens with one attached hydrogen (secondary N) is 2. The molecule has 138 valence electrons. The first-order chi connectivity index (χ1) is 10.8. The van der Waals surface area contributed by atoms with Crippen molar-refractivity contribution in [3.63, 3.8) is 0 Å². The summed E-state index contributed by atoms with van der Waals surface area (Å²) in [7, 11) is 1.63. The highest BCUT2D eigenvalue weighted by Crippen LogP contribution is 2.30. The summed E-state index contributed by atoms with van der Waals surface area (Å²) >= 11 is 0. The topological polar surface area (TPSA) is 89.3 Å². The third-order valence-electron chi connectivity index (χ3n) is 4.29. The Morgan fingerprint density at radius 2 is 2.04 bits per heavy atom. The fourth-order valence-electron chi connectivity index (χ4n) is 2.75. The fraction of sp³-hybridized carbons (Fsp3) is 0.812. The van der Waals surface area contributed by atoms with Crippen LogP contribution in [0.1, 0.15) is 58.3 Å². The number of halogens is 1. The molecular formula is C16H29ClN4O3. The first kappa shape index (κ1) is 20.9. The van der Waals surface area contributed by atoms with Crippen LogP contribution in [0, 0.1) is 5.41 Å². The Labute approximate surface area is 149 Å². The molecule has 1 aromatic heterocycles. The van der Waals surface area contributed by atoms with Crippen LogP contribution in [0.2, 0.25) is 0 Å². The summed E-state index contributed by atoms with van der Waals surface area (Å²) in [4.78, 5) is 17.2. The SMILES string of the molecule is COCC1(C(=O)NC(C)c2nc(C(C)(C)C)no2)CCNCC1.Cl. The normalized spacial score (nSPS) is 18.5. The predicted octanol–water partition coefficient (Wildman–Crippen LogP) is 1.98. The highest BCUT2D eigenvalue weighted by Gasteiger charge is 2.40. The second-order valence-electron chi connectivity index (χ2n) is 7.36. The Morgan fingerprint density at radius 1 is 1.42 bits per heavy atom. The average molecular weight is 361 g/mol. The highest BCUT2D eigenvalue weighted by molar-refractivity contribution is 5.85. The van der Waals surface area contributed by atoms with E-state index >= 15 is 0 Å². The lowest BCUT2D eigenvalue weighted by molar-refractivity contribution is -0.137. The Kier molecular flexibility index (Phi) is 7.19. The minimum absolute atomic E-state index is 0. The summed E-state index contributed by atoms with van der Waals surface area (Å²) in [5, 5.41) is 10.3. The van der Waals surface area contributed by atoms with Crippen molar-refractivity contribution < 1.29 is 14.1 Å². The quantitative estimate of drug-likeness (QED) is 0.834. The van der Waals surface area contributed by atoms with Gasteiger partial charge in [0.1, 0.15) is 6.04 Å². The number of rotatable bonds is 5. The first-order valence-electron chi connectivity index (χ1n) is 8.13. The number of ether oxygens (including phenoxy) is 1. The lowest BCUT2D eigenvalue weighted by Gasteiger charge is -2.36. The van der Waals surface area contributed by atoms with Crippen molar-refractivity contribution in [3.05, 3.63) is 11.7 Å². The molecule has 8 heteroatoms. The molecule has 0 aliphatic carbocycles. The molecule has 0 spiro atoms. The lowest BCUT2D eigenvalue weighted by Crippen LogP contribution is -2.50. The number of amides is 1. The molecule has 1 amide bonds. The van der Waals surface area contributed by atoms with Gasteiger partial charge in [0.15, 0.2) is 5.82 Å². The molecule has 1 aliphatic rings. The number of carbonyl (C=O) groups is 1. The van der Waals surface area contributed by atoms with Gasteiger partial charge in [0.05, 0.1) is 12.0 Å². The summed E-state index contributed by atoms with van der Waals surface area (Å²) in [6, 6.07) is -0.324. The maximum Gasteiger partial charge on any atom is 0.248 e. The summed E-state index contributed by atoms with van der Waals surface area (Å²) in [5.41, 5.74) is -0.668. The largest absolute Gasteiger partial charge is 0.384 e. The number of nitrogens with zero attached hydrogens (tertiary/aromatic N) is 2. The van der Waals surface area contributed by atoms with Crippen LogP contribution >= 0.6 is 12.4 Å². The molecule has 1 aliphatic heterocycles. The number of piperidine rings is 1. The van der Waals surface area contributed by atoms with Crippen LogP contribution in [0.25, 0.3) is 0 Å². The van der Waals surface area contributed by atoms with Gasteiger partial charge in [-0.3, -0.25) is 4.79 Å². The summed E-state index contributed by atoms with van der Waals surface area (Å²) < 4.78 is 10.6. The molecule has 1 saturated heterocycles. The standard InChI is InChI=1S/C16H28N4O3.ClH/c1-11(12-19-13(20-23-12)15(2,3)4)18-14(21)16(10-22-5)6-8-17-9-7-16;/h11,17H,6-10H2,1-5H3,(H,18,21);1H. The Morgan fingerprint density at radius 3 is 2.54 bits per heavy atom. The van der Waals surface area contributed by atoms with Gasteiger partial charge in [0.25, 0.3) is 0 Å². The summed E-state index contributed by atoms with van der Waals surface area (Å²) in [6.07, 6.45) is 1.52. The maximum atomic E-state index is 12.8. The van der Waals surface area contributed by atoms with E-state index in [9.17, 15) is 4.79 Å². The second kappa shape index (κ2) is 8.27. The molecule has 1 aromatic rings. The molecule has 0 bridgehead atoms. The van der Waals surface area contributed by atoms with Gasteiger partial charge in [-0.25, -0.2) is 0 Å². The zero-order valence-electron chi connectivity index (χ0n) is 15.1. The highest BCUT2D eigenvalue weighted by atomic mass is 35.5. The van der Waals surface area contributed by atoms with Crippen molar-refractivity contribution in [1.29, 1.82) is 0 Å². The van der Waals surface area contributed by atoms with Crippen molar-refractivity contribution in [2.75, 3.05) is 26.8 Å². The third kappa shape index (κ3) is 4.68. The zero-order chi connectivity index (χ0) is 17.1. The Bertz CT molecular complexity index is 530. The second-order valence-corrected chi connectivity index (χ2v) is 7.36. The number of hydrogen-bond acceptors (Lipinski definition) is 6. The van der Waals surface area contributed by atoms with E-state index in [1.54, 1.807) is 7.11 Å². The van der Waals surface area contributed by atoms with E-state index in [4.69, 9.17) is 9.26 Å². The molecule has 2 heterocycles. The van der Waals surface area contributed by atoms with Gasteiger partial charge in [0.2, 0.25) is 11.8 Å². The van der Waals surface area contributed by atoms with Gasteiger partial charge in [0, 0.05) is 12.5 Å². The van der Waals surface area contributed by atoms with E-state index in [2.05, 4.69) is 20.8 Å². The van der Waals surface area contributed by atoms with Crippen molar-refractivity contribution >= 4 is 18.3 Å². The monoisotopic (exact) mass is 360 g/mol. The van der Waals surface area contributed by atoms with E-state index in [-0.39, 0.29) is 29.8 Å². The molecule has 0 radical (unpaired) electrons. The van der Waals surface area contributed by atoms with Crippen molar-refractivity contribution in [1.82, 2.24) is 20.8 Å². The van der Waals surface area contributed by atoms with E-state index < -0.39 is 5.41 Å². The smallest absolute Gasteiger partial charge is 0.248 e. The van der Waals surface area contributed by atoms with Crippen LogP contribution in [0.15, 0.2) is 4.52 Å². The fourth-order valence-corrected chi connectivity index (χ4v) is 2.75. The Balaban J connectivity index is 0.00000288. The molecular weight excluding hydrogens is 332 g/mol. The molecule has 0 aromatic carbocycles. The number of hydrogen-bond donors (Lipinski definition) is 2. The minimum atomic E-state index is -0.485. The van der Waals surface area contributed by atoms with Crippen LogP contribution in [0.3, 0.4) is 0 Å². The van der Waals surface area contributed by atoms with Gasteiger partial charge in [-0.1, -0.05) is 25.9 Å². The molecule has 1 fully saturated rings. The van der Waals surface area contributed by atoms with Crippen molar-refractivity contribution in [2.24, 2.45) is 5.41 Å². The summed E-state index contributed by atoms with van der Waals surface area (Å²) in [5.74, 6) is 1.07. The van der Waals surface area contributed by atoms with Gasteiger partial charge < -0.3 is 19.9 Å². The number of aromatic nitrogens is 2. The maximum absolute atomic E-state index is 12.8. The van der Waals surface area contributed by atoms with E-state index in [1.165, 1.54) is 0 Å². The van der Waals surface area contributed by atoms with Crippen molar-refractivity contribution in [3.8, 4) is 0 Å². The van der Waals surface area contributed by atoms with Crippen LogP contribution in [0.4, 0.5) is 0 Å². The van der Waals surface area contributed by atoms with Crippen LogP contribution in [0.5, 0.6) is 0 Å². The van der Waals surface area contributed by atoms with Gasteiger partial charge in [-0.15, -0.1) is 12.4 Å². The molecule has 7 nitrogen and oxygen atoms in total. The minimum Gasteiger partial charge on any atom is -0.384 e. The van der Waals surface area contributed by atoms with Crippen LogP contribution in [-0.4, -0.2) is 42.9 Å². The average Bonchev–Trinajstić information content (AvgIpc) is 2.98. The Hall–Kier alpha value is -1.18. The summed E-state index contributed by atoms with van der Waals surface area (Å²) in [6.45, 7) is 9.98. The van der Waals surface area contributed by atoms with Crippen LogP contribution < -0.4 is 10.6 Å². The van der Waals surface area contributed by atoms with E-state index in [1.807, 2.05) is 27.7 Å². The first-order valence-corrected chi connectivity index (χ1v) is 8.13. The molecule has 1 atom stereocenters. The van der Waals surface area contributed by atoms with Gasteiger partial charge in [-0.2, -0.15) is 4.98 Å². The van der Waals surface area contributed by atoms with E-state index in [0.717, 1.165) is 25.9 Å². The van der Waals surface area contributed by atoms with E-state index in [0.29, 0.717) is 18.3 Å². The van der Waals surface area contributed by atoms with Gasteiger partial charge >= 0.3 is 0 Å². The molecule has 24 heavy (non-hydrogen) atoms. The number of carbonyl (C=O) groups excluding carboxylic acids is 1. The molecule has 1 unspecified atom stereocenters. The lowest BCUT2D eigenvalue weighted by atomic mass is 9.78. The molecule has 0 saturated carbocycles.